The monoisotopic (exact) mass is 209 g/mol. The molecule has 2 rings (SSSR count). The van der Waals surface area contributed by atoms with E-state index in [1.807, 2.05) is 12.4 Å². The fourth-order valence-corrected chi connectivity index (χ4v) is 2.88. The quantitative estimate of drug-likeness (QED) is 0.681. The summed E-state index contributed by atoms with van der Waals surface area (Å²) in [7, 11) is 0. The molecule has 1 saturated carbocycles. The van der Waals surface area contributed by atoms with Crippen molar-refractivity contribution in [3.63, 3.8) is 0 Å². The third kappa shape index (κ3) is 2.27. The standard InChI is InChI=1S/C12H16ClN/c1-12(5-2-11(13)9-12)8-10-3-6-14-7-4-10/h3-4,6-7,11H,2,5,8-9H2,1H3. The van der Waals surface area contributed by atoms with E-state index in [-0.39, 0.29) is 0 Å². The molecule has 0 spiro atoms. The molecule has 1 aromatic rings. The molecule has 1 aromatic heterocycles. The molecule has 1 aliphatic rings. The zero-order chi connectivity index (χ0) is 10.0. The Morgan fingerprint density at radius 1 is 1.50 bits per heavy atom. The predicted molar refractivity (Wildman–Crippen MR) is 59.5 cm³/mol. The van der Waals surface area contributed by atoms with Gasteiger partial charge in [0.2, 0.25) is 0 Å². The van der Waals surface area contributed by atoms with E-state index in [9.17, 15) is 0 Å². The fourth-order valence-electron chi connectivity index (χ4n) is 2.40. The Bertz CT molecular complexity index is 298. The lowest BCUT2D eigenvalue weighted by molar-refractivity contribution is 0.335. The minimum absolute atomic E-state index is 0.391. The molecule has 0 aromatic carbocycles. The summed E-state index contributed by atoms with van der Waals surface area (Å²) < 4.78 is 0. The Hall–Kier alpha value is -0.560. The van der Waals surface area contributed by atoms with Gasteiger partial charge < -0.3 is 0 Å². The molecule has 0 N–H and O–H groups in total. The van der Waals surface area contributed by atoms with Gasteiger partial charge in [-0.2, -0.15) is 0 Å². The molecule has 14 heavy (non-hydrogen) atoms. The van der Waals surface area contributed by atoms with Gasteiger partial charge >= 0.3 is 0 Å². The van der Waals surface area contributed by atoms with Crippen molar-refractivity contribution in [1.82, 2.24) is 4.98 Å². The second-order valence-electron chi connectivity index (χ2n) is 4.68. The zero-order valence-corrected chi connectivity index (χ0v) is 9.30. The smallest absolute Gasteiger partial charge is 0.0341 e. The SMILES string of the molecule is CC1(Cc2ccncc2)CCC(Cl)C1. The van der Waals surface area contributed by atoms with Crippen LogP contribution in [0.2, 0.25) is 0 Å². The van der Waals surface area contributed by atoms with E-state index in [1.54, 1.807) is 0 Å². The summed E-state index contributed by atoms with van der Waals surface area (Å²) >= 11 is 6.15. The van der Waals surface area contributed by atoms with Crippen molar-refractivity contribution in [3.05, 3.63) is 30.1 Å². The third-order valence-corrected chi connectivity index (χ3v) is 3.53. The Labute approximate surface area is 90.5 Å². The molecule has 1 heterocycles. The predicted octanol–water partition coefficient (Wildman–Crippen LogP) is 3.42. The van der Waals surface area contributed by atoms with Crippen LogP contribution in [-0.2, 0) is 6.42 Å². The van der Waals surface area contributed by atoms with E-state index in [0.29, 0.717) is 10.8 Å². The molecule has 2 heteroatoms. The highest BCUT2D eigenvalue weighted by molar-refractivity contribution is 6.20. The van der Waals surface area contributed by atoms with E-state index >= 15 is 0 Å². The number of aromatic nitrogens is 1. The second kappa shape index (κ2) is 3.90. The second-order valence-corrected chi connectivity index (χ2v) is 5.30. The maximum atomic E-state index is 6.15. The summed E-state index contributed by atoms with van der Waals surface area (Å²) in [6.07, 6.45) is 8.44. The number of pyridine rings is 1. The number of hydrogen-bond donors (Lipinski definition) is 0. The number of halogens is 1. The Balaban J connectivity index is 2.04. The third-order valence-electron chi connectivity index (χ3n) is 3.16. The molecule has 76 valence electrons. The van der Waals surface area contributed by atoms with Crippen LogP contribution in [0.15, 0.2) is 24.5 Å². The normalized spacial score (nSPS) is 32.0. The van der Waals surface area contributed by atoms with Crippen LogP contribution in [0.3, 0.4) is 0 Å². The highest BCUT2D eigenvalue weighted by Crippen LogP contribution is 2.42. The first-order valence-corrected chi connectivity index (χ1v) is 5.65. The van der Waals surface area contributed by atoms with E-state index in [2.05, 4.69) is 24.0 Å². The van der Waals surface area contributed by atoms with Crippen LogP contribution in [0, 0.1) is 5.41 Å². The maximum Gasteiger partial charge on any atom is 0.0341 e. The molecule has 1 nitrogen and oxygen atoms in total. The Morgan fingerprint density at radius 3 is 2.79 bits per heavy atom. The molecule has 0 saturated heterocycles. The number of rotatable bonds is 2. The van der Waals surface area contributed by atoms with Gasteiger partial charge in [0.15, 0.2) is 0 Å². The van der Waals surface area contributed by atoms with Crippen LogP contribution in [-0.4, -0.2) is 10.4 Å². The average molecular weight is 210 g/mol. The average Bonchev–Trinajstić information content (AvgIpc) is 2.47. The maximum absolute atomic E-state index is 6.15. The van der Waals surface area contributed by atoms with Gasteiger partial charge in [-0.1, -0.05) is 6.92 Å². The first-order valence-electron chi connectivity index (χ1n) is 5.21. The molecule has 2 atom stereocenters. The summed E-state index contributed by atoms with van der Waals surface area (Å²) in [6.45, 7) is 2.34. The van der Waals surface area contributed by atoms with Crippen molar-refractivity contribution < 1.29 is 0 Å². The van der Waals surface area contributed by atoms with Crippen molar-refractivity contribution in [1.29, 1.82) is 0 Å². The van der Waals surface area contributed by atoms with Gasteiger partial charge in [-0.05, 0) is 48.8 Å². The van der Waals surface area contributed by atoms with Gasteiger partial charge in [-0.25, -0.2) is 0 Å². The topological polar surface area (TPSA) is 12.9 Å². The first kappa shape index (κ1) is 9.97. The van der Waals surface area contributed by atoms with Gasteiger partial charge in [0.05, 0.1) is 0 Å². The lowest BCUT2D eigenvalue weighted by Gasteiger charge is -2.23. The summed E-state index contributed by atoms with van der Waals surface area (Å²) in [5, 5.41) is 0.391. The van der Waals surface area contributed by atoms with Crippen LogP contribution < -0.4 is 0 Å². The van der Waals surface area contributed by atoms with E-state index < -0.39 is 0 Å². The van der Waals surface area contributed by atoms with Crippen LogP contribution in [0.25, 0.3) is 0 Å². The number of nitrogens with zero attached hydrogens (tertiary/aromatic N) is 1. The number of alkyl halides is 1. The minimum Gasteiger partial charge on any atom is -0.265 e. The van der Waals surface area contributed by atoms with Gasteiger partial charge in [0.1, 0.15) is 0 Å². The zero-order valence-electron chi connectivity index (χ0n) is 8.54. The highest BCUT2D eigenvalue weighted by Gasteiger charge is 2.33. The van der Waals surface area contributed by atoms with Gasteiger partial charge in [-0.15, -0.1) is 11.6 Å². The molecular formula is C12H16ClN. The first-order chi connectivity index (χ1) is 6.68. The van der Waals surface area contributed by atoms with Crippen molar-refractivity contribution in [2.24, 2.45) is 5.41 Å². The van der Waals surface area contributed by atoms with Gasteiger partial charge in [0, 0.05) is 17.8 Å². The molecule has 0 aliphatic heterocycles. The van der Waals surface area contributed by atoms with Crippen molar-refractivity contribution >= 4 is 11.6 Å². The summed E-state index contributed by atoms with van der Waals surface area (Å²) in [5.41, 5.74) is 1.79. The number of hydrogen-bond acceptors (Lipinski definition) is 1. The van der Waals surface area contributed by atoms with Crippen LogP contribution in [0.4, 0.5) is 0 Å². The summed E-state index contributed by atoms with van der Waals surface area (Å²) in [4.78, 5) is 4.03. The molecule has 0 amide bonds. The van der Waals surface area contributed by atoms with E-state index in [1.165, 1.54) is 18.4 Å². The lowest BCUT2D eigenvalue weighted by Crippen LogP contribution is -2.15. The molecule has 1 fully saturated rings. The molecule has 1 aliphatic carbocycles. The fraction of sp³-hybridized carbons (Fsp3) is 0.583. The molecule has 0 radical (unpaired) electrons. The Kier molecular flexibility index (Phi) is 2.78. The van der Waals surface area contributed by atoms with Crippen LogP contribution in [0.5, 0.6) is 0 Å². The largest absolute Gasteiger partial charge is 0.265 e. The minimum atomic E-state index is 0.391. The lowest BCUT2D eigenvalue weighted by atomic mass is 9.82. The Morgan fingerprint density at radius 2 is 2.21 bits per heavy atom. The molecule has 0 bridgehead atoms. The summed E-state index contributed by atoms with van der Waals surface area (Å²) in [5.74, 6) is 0. The highest BCUT2D eigenvalue weighted by atomic mass is 35.5. The van der Waals surface area contributed by atoms with Gasteiger partial charge in [-0.3, -0.25) is 4.98 Å². The van der Waals surface area contributed by atoms with Crippen molar-refractivity contribution in [2.45, 2.75) is 38.0 Å². The van der Waals surface area contributed by atoms with Gasteiger partial charge in [0.25, 0.3) is 0 Å². The van der Waals surface area contributed by atoms with E-state index in [4.69, 9.17) is 11.6 Å². The molecule has 2 unspecified atom stereocenters. The molecular weight excluding hydrogens is 194 g/mol. The summed E-state index contributed by atoms with van der Waals surface area (Å²) in [6, 6.07) is 4.21. The van der Waals surface area contributed by atoms with E-state index in [0.717, 1.165) is 12.8 Å². The van der Waals surface area contributed by atoms with Crippen LogP contribution >= 0.6 is 11.6 Å². The van der Waals surface area contributed by atoms with Crippen molar-refractivity contribution in [2.75, 3.05) is 0 Å². The van der Waals surface area contributed by atoms with Crippen molar-refractivity contribution in [3.8, 4) is 0 Å². The van der Waals surface area contributed by atoms with Crippen LogP contribution in [0.1, 0.15) is 31.7 Å².